The average Bonchev–Trinajstić information content (AvgIpc) is 3.26. The summed E-state index contributed by atoms with van der Waals surface area (Å²) in [7, 11) is 0. The number of nitrogens with two attached hydrogens (primary N) is 1. The number of hydrogen-bond acceptors (Lipinski definition) is 7. The molecule has 0 aliphatic heterocycles. The molecule has 0 atom stereocenters. The third-order valence-corrected chi connectivity index (χ3v) is 6.24. The van der Waals surface area contributed by atoms with Gasteiger partial charge in [0.05, 0.1) is 18.7 Å². The van der Waals surface area contributed by atoms with E-state index in [4.69, 9.17) is 21.9 Å². The Kier molecular flexibility index (Phi) is 7.86. The van der Waals surface area contributed by atoms with Crippen LogP contribution in [0, 0.1) is 13.8 Å². The molecule has 9 nitrogen and oxygen atoms in total. The van der Waals surface area contributed by atoms with Gasteiger partial charge in [0.2, 0.25) is 5.91 Å². The van der Waals surface area contributed by atoms with Crippen LogP contribution in [0.4, 0.5) is 0 Å². The van der Waals surface area contributed by atoms with Gasteiger partial charge in [-0.1, -0.05) is 53.2 Å². The Hall–Kier alpha value is -4.21. The molecule has 0 saturated heterocycles. The topological polar surface area (TPSA) is 132 Å². The predicted molar refractivity (Wildman–Crippen MR) is 141 cm³/mol. The maximum atomic E-state index is 13.2. The standard InChI is InChI=1S/C27H26ClN5O4/c1-16-10-11-33(30-15-23-17(2)32-37-25(23)18-6-4-3-5-7-18)27(36)21(16)13-24(34)31-26(35)22-12-20(28)9-8-19(22)14-29/h3-12,30H,13-15,29H2,1-2H3,(H,31,34,35). The van der Waals surface area contributed by atoms with Crippen molar-refractivity contribution in [2.45, 2.75) is 33.4 Å². The molecule has 0 bridgehead atoms. The van der Waals surface area contributed by atoms with Gasteiger partial charge in [0.15, 0.2) is 5.76 Å². The van der Waals surface area contributed by atoms with Crippen LogP contribution in [0.25, 0.3) is 11.3 Å². The summed E-state index contributed by atoms with van der Waals surface area (Å²) in [6.07, 6.45) is 1.31. The molecule has 0 spiro atoms. The Balaban J connectivity index is 1.50. The average molecular weight is 520 g/mol. The largest absolute Gasteiger partial charge is 0.356 e. The van der Waals surface area contributed by atoms with Crippen LogP contribution in [0.3, 0.4) is 0 Å². The SMILES string of the molecule is Cc1ccn(NCc2c(C)noc2-c2ccccc2)c(=O)c1CC(=O)NC(=O)c1cc(Cl)ccc1CN. The van der Waals surface area contributed by atoms with E-state index in [-0.39, 0.29) is 30.6 Å². The van der Waals surface area contributed by atoms with Gasteiger partial charge in [0.25, 0.3) is 11.5 Å². The van der Waals surface area contributed by atoms with Crippen molar-refractivity contribution in [3.63, 3.8) is 0 Å². The molecule has 4 aromatic rings. The van der Waals surface area contributed by atoms with Crippen LogP contribution in [0.2, 0.25) is 5.02 Å². The number of rotatable bonds is 8. The number of pyridine rings is 1. The number of carbonyl (C=O) groups is 2. The molecule has 37 heavy (non-hydrogen) atoms. The summed E-state index contributed by atoms with van der Waals surface area (Å²) in [6, 6.07) is 16.0. The van der Waals surface area contributed by atoms with Gasteiger partial charge in [-0.3, -0.25) is 19.7 Å². The number of imide groups is 1. The molecule has 0 fully saturated rings. The fourth-order valence-electron chi connectivity index (χ4n) is 3.92. The lowest BCUT2D eigenvalue weighted by molar-refractivity contribution is -0.119. The summed E-state index contributed by atoms with van der Waals surface area (Å²) in [4.78, 5) is 38.6. The minimum Gasteiger partial charge on any atom is -0.356 e. The third kappa shape index (κ3) is 5.79. The Morgan fingerprint density at radius 3 is 2.57 bits per heavy atom. The monoisotopic (exact) mass is 519 g/mol. The molecule has 0 aliphatic carbocycles. The van der Waals surface area contributed by atoms with Crippen LogP contribution in [0.1, 0.15) is 38.3 Å². The maximum Gasteiger partial charge on any atom is 0.272 e. The summed E-state index contributed by atoms with van der Waals surface area (Å²) in [6.45, 7) is 3.94. The maximum absolute atomic E-state index is 13.2. The smallest absolute Gasteiger partial charge is 0.272 e. The van der Waals surface area contributed by atoms with Gasteiger partial charge in [-0.2, -0.15) is 0 Å². The zero-order chi connectivity index (χ0) is 26.5. The number of aromatic nitrogens is 2. The molecule has 4 rings (SSSR count). The van der Waals surface area contributed by atoms with Gasteiger partial charge < -0.3 is 15.7 Å². The quantitative estimate of drug-likeness (QED) is 0.324. The molecule has 0 aliphatic rings. The van der Waals surface area contributed by atoms with E-state index < -0.39 is 17.4 Å². The molecule has 0 unspecified atom stereocenters. The van der Waals surface area contributed by atoms with E-state index in [9.17, 15) is 14.4 Å². The van der Waals surface area contributed by atoms with Crippen molar-refractivity contribution >= 4 is 23.4 Å². The highest BCUT2D eigenvalue weighted by molar-refractivity contribution is 6.31. The Morgan fingerprint density at radius 2 is 1.84 bits per heavy atom. The highest BCUT2D eigenvalue weighted by Gasteiger charge is 2.19. The van der Waals surface area contributed by atoms with Crippen LogP contribution >= 0.6 is 11.6 Å². The van der Waals surface area contributed by atoms with Crippen LogP contribution in [0.5, 0.6) is 0 Å². The van der Waals surface area contributed by atoms with E-state index in [1.54, 1.807) is 31.3 Å². The number of hydrogen-bond donors (Lipinski definition) is 3. The minimum absolute atomic E-state index is 0.111. The summed E-state index contributed by atoms with van der Waals surface area (Å²) in [5.74, 6) is -0.634. The Morgan fingerprint density at radius 1 is 1.08 bits per heavy atom. The number of carbonyl (C=O) groups excluding carboxylic acids is 2. The van der Waals surface area contributed by atoms with E-state index in [2.05, 4.69) is 15.9 Å². The van der Waals surface area contributed by atoms with Crippen molar-refractivity contribution in [1.82, 2.24) is 15.1 Å². The predicted octanol–water partition coefficient (Wildman–Crippen LogP) is 3.48. The number of nitrogens with zero attached hydrogens (tertiary/aromatic N) is 2. The van der Waals surface area contributed by atoms with Gasteiger partial charge in [-0.15, -0.1) is 0 Å². The van der Waals surface area contributed by atoms with Crippen molar-refractivity contribution in [2.24, 2.45) is 5.73 Å². The van der Waals surface area contributed by atoms with Crippen molar-refractivity contribution in [1.29, 1.82) is 0 Å². The van der Waals surface area contributed by atoms with E-state index in [0.29, 0.717) is 27.6 Å². The molecule has 2 aromatic carbocycles. The van der Waals surface area contributed by atoms with Crippen LogP contribution in [-0.4, -0.2) is 21.6 Å². The van der Waals surface area contributed by atoms with E-state index >= 15 is 0 Å². The highest BCUT2D eigenvalue weighted by Crippen LogP contribution is 2.26. The first-order valence-corrected chi connectivity index (χ1v) is 11.9. The molecule has 0 radical (unpaired) electrons. The number of benzene rings is 2. The van der Waals surface area contributed by atoms with Crippen LogP contribution in [-0.2, 0) is 24.3 Å². The lowest BCUT2D eigenvalue weighted by atomic mass is 10.1. The lowest BCUT2D eigenvalue weighted by Gasteiger charge is -2.13. The van der Waals surface area contributed by atoms with Gasteiger partial charge in [-0.25, -0.2) is 4.68 Å². The first-order valence-electron chi connectivity index (χ1n) is 11.6. The van der Waals surface area contributed by atoms with Gasteiger partial charge >= 0.3 is 0 Å². The molecule has 2 aromatic heterocycles. The fourth-order valence-corrected chi connectivity index (χ4v) is 4.09. The first-order chi connectivity index (χ1) is 17.8. The molecular weight excluding hydrogens is 494 g/mol. The van der Waals surface area contributed by atoms with Gasteiger partial charge in [0.1, 0.15) is 0 Å². The second kappa shape index (κ2) is 11.2. The molecule has 2 amide bonds. The zero-order valence-electron chi connectivity index (χ0n) is 20.4. The summed E-state index contributed by atoms with van der Waals surface area (Å²) >= 11 is 6.00. The van der Waals surface area contributed by atoms with E-state index in [1.807, 2.05) is 37.3 Å². The molecule has 4 N–H and O–H groups in total. The van der Waals surface area contributed by atoms with Gasteiger partial charge in [0, 0.05) is 40.0 Å². The second-order valence-corrected chi connectivity index (χ2v) is 8.93. The van der Waals surface area contributed by atoms with Crippen molar-refractivity contribution < 1.29 is 14.1 Å². The van der Waals surface area contributed by atoms with Crippen LogP contribution < -0.4 is 22.0 Å². The first kappa shape index (κ1) is 25.9. The van der Waals surface area contributed by atoms with Crippen molar-refractivity contribution in [3.8, 4) is 11.3 Å². The number of halogens is 1. The third-order valence-electron chi connectivity index (χ3n) is 6.00. The van der Waals surface area contributed by atoms with Gasteiger partial charge in [-0.05, 0) is 43.2 Å². The molecular formula is C27H26ClN5O4. The number of aryl methyl sites for hydroxylation is 2. The van der Waals surface area contributed by atoms with E-state index in [1.165, 1.54) is 10.7 Å². The molecule has 10 heteroatoms. The summed E-state index contributed by atoms with van der Waals surface area (Å²) in [5, 5.41) is 6.74. The van der Waals surface area contributed by atoms with E-state index in [0.717, 1.165) is 11.1 Å². The highest BCUT2D eigenvalue weighted by atomic mass is 35.5. The summed E-state index contributed by atoms with van der Waals surface area (Å²) in [5.41, 5.74) is 12.4. The second-order valence-electron chi connectivity index (χ2n) is 8.49. The fraction of sp³-hybridized carbons (Fsp3) is 0.185. The lowest BCUT2D eigenvalue weighted by Crippen LogP contribution is -2.37. The Bertz CT molecular complexity index is 1510. The molecule has 0 saturated carbocycles. The normalized spacial score (nSPS) is 10.8. The molecule has 190 valence electrons. The van der Waals surface area contributed by atoms with Crippen molar-refractivity contribution in [3.05, 3.63) is 110 Å². The minimum atomic E-state index is -0.628. The Labute approximate surface area is 218 Å². The van der Waals surface area contributed by atoms with Crippen LogP contribution in [0.15, 0.2) is 70.1 Å². The number of nitrogens with one attached hydrogen (secondary N) is 2. The number of amides is 2. The zero-order valence-corrected chi connectivity index (χ0v) is 21.1. The van der Waals surface area contributed by atoms with Crippen molar-refractivity contribution in [2.75, 3.05) is 5.43 Å². The molecule has 2 heterocycles. The summed E-state index contributed by atoms with van der Waals surface area (Å²) < 4.78 is 6.82.